The monoisotopic (exact) mass is 340 g/mol. The molecule has 2 aromatic carbocycles. The first-order chi connectivity index (χ1) is 8.99. The molecule has 0 fully saturated rings. The molecule has 19 heavy (non-hydrogen) atoms. The van der Waals surface area contributed by atoms with Crippen molar-refractivity contribution in [3.05, 3.63) is 58.6 Å². The summed E-state index contributed by atoms with van der Waals surface area (Å²) in [4.78, 5) is 0.166. The van der Waals surface area contributed by atoms with Crippen LogP contribution in [0.2, 0.25) is 0 Å². The van der Waals surface area contributed by atoms with E-state index in [4.69, 9.17) is 5.73 Å². The minimum atomic E-state index is -3.55. The van der Waals surface area contributed by atoms with Gasteiger partial charge in [0.05, 0.1) is 4.90 Å². The van der Waals surface area contributed by atoms with Crippen LogP contribution in [-0.4, -0.2) is 8.42 Å². The first kappa shape index (κ1) is 14.0. The van der Waals surface area contributed by atoms with Gasteiger partial charge in [-0.1, -0.05) is 40.2 Å². The van der Waals surface area contributed by atoms with Gasteiger partial charge in [-0.3, -0.25) is 0 Å². The van der Waals surface area contributed by atoms with Gasteiger partial charge >= 0.3 is 0 Å². The second kappa shape index (κ2) is 5.73. The molecule has 0 aliphatic rings. The fraction of sp³-hybridized carbons (Fsp3) is 0.0769. The molecule has 2 aromatic rings. The average molecular weight is 341 g/mol. The van der Waals surface area contributed by atoms with E-state index in [1.165, 1.54) is 12.1 Å². The lowest BCUT2D eigenvalue weighted by Gasteiger charge is -2.08. The Morgan fingerprint density at radius 2 is 1.84 bits per heavy atom. The molecule has 0 saturated heterocycles. The number of benzene rings is 2. The summed E-state index contributed by atoms with van der Waals surface area (Å²) in [5.74, 6) is 0. The van der Waals surface area contributed by atoms with Crippen molar-refractivity contribution in [2.24, 2.45) is 0 Å². The van der Waals surface area contributed by atoms with Crippen LogP contribution in [0, 0.1) is 0 Å². The minimum absolute atomic E-state index is 0.166. The topological polar surface area (TPSA) is 72.2 Å². The summed E-state index contributed by atoms with van der Waals surface area (Å²) in [6.07, 6.45) is 0. The second-order valence-corrected chi connectivity index (χ2v) is 6.61. The van der Waals surface area contributed by atoms with E-state index in [2.05, 4.69) is 20.7 Å². The first-order valence-corrected chi connectivity index (χ1v) is 7.85. The minimum Gasteiger partial charge on any atom is -0.399 e. The summed E-state index contributed by atoms with van der Waals surface area (Å²) in [6.45, 7) is 0.221. The molecule has 3 N–H and O–H groups in total. The van der Waals surface area contributed by atoms with Crippen molar-refractivity contribution in [1.29, 1.82) is 0 Å². The molecule has 4 nitrogen and oxygen atoms in total. The maximum atomic E-state index is 12.1. The summed E-state index contributed by atoms with van der Waals surface area (Å²) < 4.78 is 27.6. The van der Waals surface area contributed by atoms with Gasteiger partial charge in [-0.2, -0.15) is 0 Å². The Hall–Kier alpha value is -1.37. The van der Waals surface area contributed by atoms with E-state index in [-0.39, 0.29) is 11.4 Å². The lowest BCUT2D eigenvalue weighted by Crippen LogP contribution is -2.23. The van der Waals surface area contributed by atoms with Crippen molar-refractivity contribution in [3.8, 4) is 0 Å². The normalized spacial score (nSPS) is 11.4. The van der Waals surface area contributed by atoms with Crippen LogP contribution in [-0.2, 0) is 16.6 Å². The van der Waals surface area contributed by atoms with E-state index >= 15 is 0 Å². The zero-order valence-electron chi connectivity index (χ0n) is 10.0. The molecule has 0 spiro atoms. The number of nitrogen functional groups attached to an aromatic ring is 1. The van der Waals surface area contributed by atoms with Crippen molar-refractivity contribution >= 4 is 31.6 Å². The standard InChI is InChI=1S/C13H13BrN2O2S/c14-13-7-2-1-4-10(13)9-16-19(17,18)12-6-3-5-11(15)8-12/h1-8,16H,9,15H2. The summed E-state index contributed by atoms with van der Waals surface area (Å²) in [5.41, 5.74) is 6.88. The highest BCUT2D eigenvalue weighted by Gasteiger charge is 2.14. The molecule has 0 radical (unpaired) electrons. The van der Waals surface area contributed by atoms with Gasteiger partial charge in [-0.05, 0) is 29.8 Å². The van der Waals surface area contributed by atoms with Gasteiger partial charge in [0.25, 0.3) is 0 Å². The van der Waals surface area contributed by atoms with Crippen molar-refractivity contribution < 1.29 is 8.42 Å². The summed E-state index contributed by atoms with van der Waals surface area (Å²) in [6, 6.07) is 13.7. The van der Waals surface area contributed by atoms with Crippen molar-refractivity contribution in [1.82, 2.24) is 4.72 Å². The predicted octanol–water partition coefficient (Wildman–Crippen LogP) is 2.51. The zero-order chi connectivity index (χ0) is 13.9. The van der Waals surface area contributed by atoms with E-state index in [0.717, 1.165) is 10.0 Å². The first-order valence-electron chi connectivity index (χ1n) is 5.58. The molecule has 0 amide bonds. The van der Waals surface area contributed by atoms with Crippen LogP contribution < -0.4 is 10.5 Å². The molecule has 0 saturated carbocycles. The van der Waals surface area contributed by atoms with Gasteiger partial charge in [-0.15, -0.1) is 0 Å². The van der Waals surface area contributed by atoms with E-state index in [0.29, 0.717) is 5.69 Å². The smallest absolute Gasteiger partial charge is 0.240 e. The number of nitrogens with two attached hydrogens (primary N) is 1. The SMILES string of the molecule is Nc1cccc(S(=O)(=O)NCc2ccccc2Br)c1. The average Bonchev–Trinajstić information content (AvgIpc) is 2.38. The third-order valence-electron chi connectivity index (χ3n) is 2.58. The summed E-state index contributed by atoms with van der Waals surface area (Å²) in [7, 11) is -3.55. The maximum Gasteiger partial charge on any atom is 0.240 e. The summed E-state index contributed by atoms with van der Waals surface area (Å²) >= 11 is 3.38. The van der Waals surface area contributed by atoms with Gasteiger partial charge in [-0.25, -0.2) is 13.1 Å². The van der Waals surface area contributed by atoms with Gasteiger partial charge in [0, 0.05) is 16.7 Å². The Labute approximate surface area is 120 Å². The van der Waals surface area contributed by atoms with Gasteiger partial charge < -0.3 is 5.73 Å². The number of hydrogen-bond donors (Lipinski definition) is 2. The van der Waals surface area contributed by atoms with Crippen LogP contribution >= 0.6 is 15.9 Å². The fourth-order valence-corrected chi connectivity index (χ4v) is 3.07. The third kappa shape index (κ3) is 3.56. The highest BCUT2D eigenvalue weighted by atomic mass is 79.9. The lowest BCUT2D eigenvalue weighted by molar-refractivity contribution is 0.581. The fourth-order valence-electron chi connectivity index (χ4n) is 1.58. The van der Waals surface area contributed by atoms with Gasteiger partial charge in [0.1, 0.15) is 0 Å². The lowest BCUT2D eigenvalue weighted by atomic mass is 10.2. The number of halogens is 1. The third-order valence-corrected chi connectivity index (χ3v) is 4.75. The second-order valence-electron chi connectivity index (χ2n) is 3.99. The van der Waals surface area contributed by atoms with Crippen molar-refractivity contribution in [2.75, 3.05) is 5.73 Å². The zero-order valence-corrected chi connectivity index (χ0v) is 12.4. The predicted molar refractivity (Wildman–Crippen MR) is 79.0 cm³/mol. The molecule has 0 heterocycles. The van der Waals surface area contributed by atoms with Crippen LogP contribution in [0.4, 0.5) is 5.69 Å². The van der Waals surface area contributed by atoms with E-state index in [1.807, 2.05) is 24.3 Å². The molecular weight excluding hydrogens is 328 g/mol. The Morgan fingerprint density at radius 3 is 2.53 bits per heavy atom. The maximum absolute atomic E-state index is 12.1. The molecule has 0 aliphatic carbocycles. The van der Waals surface area contributed by atoms with Crippen molar-refractivity contribution in [2.45, 2.75) is 11.4 Å². The molecule has 0 aliphatic heterocycles. The molecule has 100 valence electrons. The van der Waals surface area contributed by atoms with Crippen molar-refractivity contribution in [3.63, 3.8) is 0 Å². The Bertz CT molecular complexity index is 687. The van der Waals surface area contributed by atoms with Crippen LogP contribution in [0.25, 0.3) is 0 Å². The Morgan fingerprint density at radius 1 is 1.11 bits per heavy atom. The summed E-state index contributed by atoms with van der Waals surface area (Å²) in [5, 5.41) is 0. The van der Waals surface area contributed by atoms with Gasteiger partial charge in [0.15, 0.2) is 0 Å². The molecular formula is C13H13BrN2O2S. The molecule has 0 bridgehead atoms. The molecule has 0 aromatic heterocycles. The van der Waals surface area contributed by atoms with Crippen LogP contribution in [0.5, 0.6) is 0 Å². The van der Waals surface area contributed by atoms with Gasteiger partial charge in [0.2, 0.25) is 10.0 Å². The Balaban J connectivity index is 2.17. The highest BCUT2D eigenvalue weighted by Crippen LogP contribution is 2.17. The largest absolute Gasteiger partial charge is 0.399 e. The molecule has 2 rings (SSSR count). The van der Waals surface area contributed by atoms with Crippen LogP contribution in [0.1, 0.15) is 5.56 Å². The Kier molecular flexibility index (Phi) is 4.24. The van der Waals surface area contributed by atoms with Crippen LogP contribution in [0.15, 0.2) is 57.9 Å². The van der Waals surface area contributed by atoms with E-state index < -0.39 is 10.0 Å². The number of rotatable bonds is 4. The van der Waals surface area contributed by atoms with E-state index in [9.17, 15) is 8.42 Å². The molecule has 0 atom stereocenters. The molecule has 0 unspecified atom stereocenters. The number of nitrogens with one attached hydrogen (secondary N) is 1. The van der Waals surface area contributed by atoms with Crippen LogP contribution in [0.3, 0.4) is 0 Å². The quantitative estimate of drug-likeness (QED) is 0.840. The molecule has 6 heteroatoms. The highest BCUT2D eigenvalue weighted by molar-refractivity contribution is 9.10. The number of hydrogen-bond acceptors (Lipinski definition) is 3. The number of anilines is 1. The van der Waals surface area contributed by atoms with E-state index in [1.54, 1.807) is 12.1 Å². The number of sulfonamides is 1.